The van der Waals surface area contributed by atoms with Crippen LogP contribution in [0.2, 0.25) is 0 Å². The molecule has 2 aromatic carbocycles. The summed E-state index contributed by atoms with van der Waals surface area (Å²) < 4.78 is 5.77. The number of nitrogens with zero attached hydrogens (tertiary/aromatic N) is 2. The summed E-state index contributed by atoms with van der Waals surface area (Å²) in [4.78, 5) is 20.7. The molecule has 1 aromatic heterocycles. The Labute approximate surface area is 171 Å². The van der Waals surface area contributed by atoms with E-state index in [1.807, 2.05) is 54.6 Å². The lowest BCUT2D eigenvalue weighted by Gasteiger charge is -2.09. The molecule has 0 aliphatic carbocycles. The van der Waals surface area contributed by atoms with Gasteiger partial charge in [0.1, 0.15) is 30.2 Å². The number of hydrogen-bond acceptors (Lipinski definition) is 5. The maximum absolute atomic E-state index is 12.5. The van der Waals surface area contributed by atoms with E-state index in [0.717, 1.165) is 37.1 Å². The predicted molar refractivity (Wildman–Crippen MR) is 115 cm³/mol. The van der Waals surface area contributed by atoms with Crippen LogP contribution in [0.25, 0.3) is 0 Å². The highest BCUT2D eigenvalue weighted by Crippen LogP contribution is 2.18. The highest BCUT2D eigenvalue weighted by atomic mass is 16.5. The number of carbonyl (C=O) groups excluding carboxylic acids is 1. The number of hydrogen-bond donors (Lipinski definition) is 2. The lowest BCUT2D eigenvalue weighted by molar-refractivity contribution is 0.102. The van der Waals surface area contributed by atoms with Crippen LogP contribution in [-0.2, 0) is 6.61 Å². The normalized spacial score (nSPS) is 10.4. The molecule has 0 radical (unpaired) electrons. The molecule has 1 amide bonds. The van der Waals surface area contributed by atoms with Gasteiger partial charge in [0.2, 0.25) is 0 Å². The zero-order chi connectivity index (χ0) is 20.3. The molecule has 29 heavy (non-hydrogen) atoms. The lowest BCUT2D eigenvalue weighted by atomic mass is 10.2. The van der Waals surface area contributed by atoms with Crippen LogP contribution < -0.4 is 15.4 Å². The molecule has 3 aromatic rings. The van der Waals surface area contributed by atoms with Gasteiger partial charge < -0.3 is 15.4 Å². The molecule has 0 saturated heterocycles. The third kappa shape index (κ3) is 6.60. The molecule has 6 nitrogen and oxygen atoms in total. The number of nitrogens with one attached hydrogen (secondary N) is 2. The quantitative estimate of drug-likeness (QED) is 0.481. The van der Waals surface area contributed by atoms with Gasteiger partial charge in [-0.3, -0.25) is 4.79 Å². The highest BCUT2D eigenvalue weighted by molar-refractivity contribution is 6.03. The Balaban J connectivity index is 1.52. The van der Waals surface area contributed by atoms with E-state index in [9.17, 15) is 4.79 Å². The van der Waals surface area contributed by atoms with E-state index < -0.39 is 0 Å². The Kier molecular flexibility index (Phi) is 7.57. The minimum absolute atomic E-state index is 0.276. The molecule has 0 unspecified atom stereocenters. The van der Waals surface area contributed by atoms with Gasteiger partial charge in [-0.15, -0.1) is 0 Å². The number of benzene rings is 2. The summed E-state index contributed by atoms with van der Waals surface area (Å²) in [6, 6.07) is 18.9. The number of amides is 1. The van der Waals surface area contributed by atoms with E-state index >= 15 is 0 Å². The second-order valence-electron chi connectivity index (χ2n) is 6.68. The van der Waals surface area contributed by atoms with Crippen molar-refractivity contribution in [2.24, 2.45) is 0 Å². The van der Waals surface area contributed by atoms with Crippen LogP contribution >= 0.6 is 0 Å². The minimum atomic E-state index is -0.276. The van der Waals surface area contributed by atoms with E-state index in [4.69, 9.17) is 4.74 Å². The fourth-order valence-corrected chi connectivity index (χ4v) is 2.74. The Morgan fingerprint density at radius 1 is 1.00 bits per heavy atom. The van der Waals surface area contributed by atoms with Gasteiger partial charge in [-0.05, 0) is 36.2 Å². The summed E-state index contributed by atoms with van der Waals surface area (Å²) in [5.74, 6) is 1.13. The summed E-state index contributed by atoms with van der Waals surface area (Å²) in [7, 11) is 0. The van der Waals surface area contributed by atoms with E-state index in [1.54, 1.807) is 6.07 Å². The van der Waals surface area contributed by atoms with Crippen molar-refractivity contribution in [1.82, 2.24) is 9.97 Å². The van der Waals surface area contributed by atoms with Crippen LogP contribution in [0.4, 0.5) is 11.5 Å². The van der Waals surface area contributed by atoms with Gasteiger partial charge in [0.05, 0.1) is 0 Å². The second kappa shape index (κ2) is 10.8. The average Bonchev–Trinajstić information content (AvgIpc) is 2.77. The molecule has 6 heteroatoms. The number of unbranched alkanes of at least 4 members (excludes halogenated alkanes) is 2. The molecule has 0 spiro atoms. The molecule has 0 aliphatic rings. The molecule has 0 atom stereocenters. The first-order valence-electron chi connectivity index (χ1n) is 9.88. The number of ether oxygens (including phenoxy) is 1. The Bertz CT molecular complexity index is 898. The van der Waals surface area contributed by atoms with Gasteiger partial charge in [-0.1, -0.05) is 50.1 Å². The molecule has 2 N–H and O–H groups in total. The lowest BCUT2D eigenvalue weighted by Crippen LogP contribution is -2.15. The third-order valence-corrected chi connectivity index (χ3v) is 4.35. The van der Waals surface area contributed by atoms with Crippen molar-refractivity contribution in [2.45, 2.75) is 32.8 Å². The summed E-state index contributed by atoms with van der Waals surface area (Å²) in [6.07, 6.45) is 4.80. The summed E-state index contributed by atoms with van der Waals surface area (Å²) in [5.41, 5.74) is 2.10. The molecular formula is C23H26N4O2. The predicted octanol–water partition coefficient (Wildman–Crippen LogP) is 4.91. The van der Waals surface area contributed by atoms with Crippen molar-refractivity contribution in [1.29, 1.82) is 0 Å². The topological polar surface area (TPSA) is 76.1 Å². The first kappa shape index (κ1) is 20.3. The van der Waals surface area contributed by atoms with Crippen LogP contribution in [0, 0.1) is 0 Å². The average molecular weight is 390 g/mol. The molecule has 0 aliphatic heterocycles. The molecule has 3 rings (SSSR count). The maximum atomic E-state index is 12.5. The SMILES string of the molecule is CCCCCNc1cc(C(=O)Nc2ccc(OCc3ccccc3)cc2)ncn1. The van der Waals surface area contributed by atoms with Crippen molar-refractivity contribution in [3.63, 3.8) is 0 Å². The van der Waals surface area contributed by atoms with Crippen LogP contribution in [0.15, 0.2) is 67.0 Å². The number of carbonyl (C=O) groups is 1. The Hall–Kier alpha value is -3.41. The molecule has 150 valence electrons. The van der Waals surface area contributed by atoms with Crippen molar-refractivity contribution < 1.29 is 9.53 Å². The number of rotatable bonds is 10. The van der Waals surface area contributed by atoms with Gasteiger partial charge >= 0.3 is 0 Å². The smallest absolute Gasteiger partial charge is 0.274 e. The van der Waals surface area contributed by atoms with Crippen LogP contribution in [0.1, 0.15) is 42.2 Å². The van der Waals surface area contributed by atoms with E-state index in [-0.39, 0.29) is 5.91 Å². The summed E-state index contributed by atoms with van der Waals surface area (Å²) in [6.45, 7) is 3.49. The molecule has 0 fully saturated rings. The number of anilines is 2. The third-order valence-electron chi connectivity index (χ3n) is 4.35. The fraction of sp³-hybridized carbons (Fsp3) is 0.261. The Morgan fingerprint density at radius 3 is 2.55 bits per heavy atom. The van der Waals surface area contributed by atoms with Crippen molar-refractivity contribution in [3.8, 4) is 5.75 Å². The van der Waals surface area contributed by atoms with Gasteiger partial charge in [0, 0.05) is 18.3 Å². The second-order valence-corrected chi connectivity index (χ2v) is 6.68. The van der Waals surface area contributed by atoms with Gasteiger partial charge in [-0.25, -0.2) is 9.97 Å². The van der Waals surface area contributed by atoms with Crippen LogP contribution in [-0.4, -0.2) is 22.4 Å². The van der Waals surface area contributed by atoms with Crippen molar-refractivity contribution >= 4 is 17.4 Å². The molecular weight excluding hydrogens is 364 g/mol. The monoisotopic (exact) mass is 390 g/mol. The van der Waals surface area contributed by atoms with Crippen LogP contribution in [0.3, 0.4) is 0 Å². The van der Waals surface area contributed by atoms with Gasteiger partial charge in [-0.2, -0.15) is 0 Å². The first-order valence-corrected chi connectivity index (χ1v) is 9.88. The minimum Gasteiger partial charge on any atom is -0.489 e. The zero-order valence-corrected chi connectivity index (χ0v) is 16.6. The van der Waals surface area contributed by atoms with Crippen LogP contribution in [0.5, 0.6) is 5.75 Å². The van der Waals surface area contributed by atoms with Gasteiger partial charge in [0.15, 0.2) is 0 Å². The highest BCUT2D eigenvalue weighted by Gasteiger charge is 2.09. The zero-order valence-electron chi connectivity index (χ0n) is 16.6. The standard InChI is InChI=1S/C23H26N4O2/c1-2-3-7-14-24-22-15-21(25-17-26-22)23(28)27-19-10-12-20(13-11-19)29-16-18-8-5-4-6-9-18/h4-6,8-13,15,17H,2-3,7,14,16H2,1H3,(H,27,28)(H,24,25,26). The number of aromatic nitrogens is 2. The summed E-state index contributed by atoms with van der Waals surface area (Å²) >= 11 is 0. The molecule has 0 saturated carbocycles. The van der Waals surface area contributed by atoms with Gasteiger partial charge in [0.25, 0.3) is 5.91 Å². The molecule has 0 bridgehead atoms. The van der Waals surface area contributed by atoms with Crippen molar-refractivity contribution in [2.75, 3.05) is 17.2 Å². The van der Waals surface area contributed by atoms with Crippen molar-refractivity contribution in [3.05, 3.63) is 78.2 Å². The van der Waals surface area contributed by atoms with E-state index in [1.165, 1.54) is 6.33 Å². The largest absolute Gasteiger partial charge is 0.489 e. The van der Waals surface area contributed by atoms with E-state index in [2.05, 4.69) is 27.5 Å². The maximum Gasteiger partial charge on any atom is 0.274 e. The Morgan fingerprint density at radius 2 is 1.79 bits per heavy atom. The first-order chi connectivity index (χ1) is 14.2. The fourth-order valence-electron chi connectivity index (χ4n) is 2.74. The van der Waals surface area contributed by atoms with E-state index in [0.29, 0.717) is 23.8 Å². The summed E-state index contributed by atoms with van der Waals surface area (Å²) in [5, 5.41) is 6.08. The molecule has 1 heterocycles.